The maximum atomic E-state index is 4.33. The summed E-state index contributed by atoms with van der Waals surface area (Å²) in [7, 11) is 0. The van der Waals surface area contributed by atoms with Crippen LogP contribution in [0.1, 0.15) is 31.0 Å². The summed E-state index contributed by atoms with van der Waals surface area (Å²) in [5.41, 5.74) is 3.62. The number of fused-ring (bicyclic) bond motifs is 1. The molecule has 1 heterocycles. The first-order valence-corrected chi connectivity index (χ1v) is 7.87. The Bertz CT molecular complexity index is 698. The lowest BCUT2D eigenvalue weighted by Crippen LogP contribution is -1.86. The van der Waals surface area contributed by atoms with E-state index >= 15 is 0 Å². The van der Waals surface area contributed by atoms with Crippen LogP contribution in [0.5, 0.6) is 0 Å². The largest absolute Gasteiger partial charge is 0.280 e. The van der Waals surface area contributed by atoms with E-state index in [1.54, 1.807) is 0 Å². The molecule has 0 aliphatic carbocycles. The average molecular weight is 282 g/mol. The Morgan fingerprint density at radius 1 is 1.05 bits per heavy atom. The smallest absolute Gasteiger partial charge is 0.0924 e. The van der Waals surface area contributed by atoms with Crippen LogP contribution in [0.4, 0.5) is 0 Å². The van der Waals surface area contributed by atoms with Crippen LogP contribution < -0.4 is 0 Å². The first-order chi connectivity index (χ1) is 9.74. The van der Waals surface area contributed by atoms with Crippen LogP contribution >= 0.6 is 11.8 Å². The van der Waals surface area contributed by atoms with Crippen molar-refractivity contribution in [1.82, 2.24) is 10.2 Å². The molecule has 0 unspecified atom stereocenters. The lowest BCUT2D eigenvalue weighted by atomic mass is 10.0. The molecule has 1 N–H and O–H groups in total. The van der Waals surface area contributed by atoms with Gasteiger partial charge in [-0.25, -0.2) is 0 Å². The summed E-state index contributed by atoms with van der Waals surface area (Å²) < 4.78 is 0. The first-order valence-electron chi connectivity index (χ1n) is 6.89. The van der Waals surface area contributed by atoms with Crippen molar-refractivity contribution >= 4 is 22.7 Å². The molecule has 3 aromatic rings. The molecule has 102 valence electrons. The van der Waals surface area contributed by atoms with Gasteiger partial charge in [0.15, 0.2) is 0 Å². The highest BCUT2D eigenvalue weighted by Crippen LogP contribution is 2.27. The molecule has 2 nitrogen and oxygen atoms in total. The molecule has 0 saturated heterocycles. The minimum atomic E-state index is 0.589. The van der Waals surface area contributed by atoms with Crippen molar-refractivity contribution < 1.29 is 0 Å². The van der Waals surface area contributed by atoms with Crippen molar-refractivity contribution in [3.63, 3.8) is 0 Å². The number of nitrogens with one attached hydrogen (secondary N) is 1. The molecule has 3 rings (SSSR count). The minimum Gasteiger partial charge on any atom is -0.280 e. The highest BCUT2D eigenvalue weighted by molar-refractivity contribution is 7.98. The zero-order valence-corrected chi connectivity index (χ0v) is 12.6. The molecule has 0 bridgehead atoms. The molecule has 0 atom stereocenters. The van der Waals surface area contributed by atoms with E-state index in [1.807, 2.05) is 23.9 Å². The molecular weight excluding hydrogens is 264 g/mol. The summed E-state index contributed by atoms with van der Waals surface area (Å²) in [6.07, 6.45) is 0. The normalized spacial score (nSPS) is 11.3. The number of benzene rings is 2. The SMILES string of the molecule is CC(C)c1ccc(SCc2[nH]nc3ccccc23)cc1. The van der Waals surface area contributed by atoms with E-state index in [1.165, 1.54) is 21.5 Å². The van der Waals surface area contributed by atoms with E-state index in [-0.39, 0.29) is 0 Å². The van der Waals surface area contributed by atoms with Gasteiger partial charge in [0, 0.05) is 16.0 Å². The summed E-state index contributed by atoms with van der Waals surface area (Å²) in [4.78, 5) is 1.30. The van der Waals surface area contributed by atoms with Crippen molar-refractivity contribution in [2.75, 3.05) is 0 Å². The van der Waals surface area contributed by atoms with Crippen LogP contribution in [-0.2, 0) is 5.75 Å². The summed E-state index contributed by atoms with van der Waals surface area (Å²) in [5, 5.41) is 8.69. The van der Waals surface area contributed by atoms with E-state index in [2.05, 4.69) is 60.4 Å². The van der Waals surface area contributed by atoms with Crippen molar-refractivity contribution in [2.24, 2.45) is 0 Å². The van der Waals surface area contributed by atoms with Crippen LogP contribution in [0.25, 0.3) is 10.9 Å². The second-order valence-electron chi connectivity index (χ2n) is 5.23. The number of hydrogen-bond acceptors (Lipinski definition) is 2. The molecule has 0 aliphatic rings. The van der Waals surface area contributed by atoms with E-state index in [4.69, 9.17) is 0 Å². The van der Waals surface area contributed by atoms with Crippen LogP contribution in [0.3, 0.4) is 0 Å². The predicted molar refractivity (Wildman–Crippen MR) is 86.2 cm³/mol. The van der Waals surface area contributed by atoms with Crippen LogP contribution in [0, 0.1) is 0 Å². The Morgan fingerprint density at radius 2 is 1.80 bits per heavy atom. The fourth-order valence-corrected chi connectivity index (χ4v) is 3.09. The Hall–Kier alpha value is -1.74. The summed E-state index contributed by atoms with van der Waals surface area (Å²) in [5.74, 6) is 1.51. The first kappa shape index (κ1) is 13.3. The van der Waals surface area contributed by atoms with Crippen LogP contribution in [0.15, 0.2) is 53.4 Å². The molecule has 20 heavy (non-hydrogen) atoms. The number of rotatable bonds is 4. The molecule has 0 amide bonds. The highest BCUT2D eigenvalue weighted by atomic mass is 32.2. The third-order valence-corrected chi connectivity index (χ3v) is 4.51. The number of aromatic amines is 1. The van der Waals surface area contributed by atoms with Gasteiger partial charge in [-0.15, -0.1) is 11.8 Å². The number of H-pyrrole nitrogens is 1. The molecule has 0 fully saturated rings. The lowest BCUT2D eigenvalue weighted by Gasteiger charge is -2.06. The van der Waals surface area contributed by atoms with Gasteiger partial charge in [0.2, 0.25) is 0 Å². The highest BCUT2D eigenvalue weighted by Gasteiger charge is 2.05. The minimum absolute atomic E-state index is 0.589. The van der Waals surface area contributed by atoms with Crippen molar-refractivity contribution in [2.45, 2.75) is 30.4 Å². The van der Waals surface area contributed by atoms with E-state index in [9.17, 15) is 0 Å². The second kappa shape index (κ2) is 5.71. The monoisotopic (exact) mass is 282 g/mol. The van der Waals surface area contributed by atoms with E-state index in [0.29, 0.717) is 5.92 Å². The zero-order valence-electron chi connectivity index (χ0n) is 11.8. The standard InChI is InChI=1S/C17H18N2S/c1-12(2)13-7-9-14(10-8-13)20-11-17-15-5-3-4-6-16(15)18-19-17/h3-10,12H,11H2,1-2H3,(H,18,19). The van der Waals surface area contributed by atoms with Gasteiger partial charge in [0.05, 0.1) is 11.2 Å². The van der Waals surface area contributed by atoms with Gasteiger partial charge in [0.1, 0.15) is 0 Å². The second-order valence-corrected chi connectivity index (χ2v) is 6.28. The molecule has 0 radical (unpaired) electrons. The molecule has 3 heteroatoms. The third kappa shape index (κ3) is 2.73. The predicted octanol–water partition coefficient (Wildman–Crippen LogP) is 4.98. The van der Waals surface area contributed by atoms with E-state index < -0.39 is 0 Å². The Balaban J connectivity index is 1.73. The number of para-hydroxylation sites is 1. The molecule has 0 saturated carbocycles. The van der Waals surface area contributed by atoms with Gasteiger partial charge in [-0.2, -0.15) is 5.10 Å². The molecular formula is C17H18N2S. The molecule has 0 spiro atoms. The van der Waals surface area contributed by atoms with Crippen LogP contribution in [0.2, 0.25) is 0 Å². The summed E-state index contributed by atoms with van der Waals surface area (Å²) >= 11 is 1.84. The van der Waals surface area contributed by atoms with Gasteiger partial charge in [-0.3, -0.25) is 5.10 Å². The molecule has 2 aromatic carbocycles. The Labute approximate surface area is 123 Å². The number of aromatic nitrogens is 2. The van der Waals surface area contributed by atoms with E-state index in [0.717, 1.165) is 11.3 Å². The quantitative estimate of drug-likeness (QED) is 0.684. The van der Waals surface area contributed by atoms with Gasteiger partial charge in [-0.1, -0.05) is 44.2 Å². The van der Waals surface area contributed by atoms with Crippen molar-refractivity contribution in [3.8, 4) is 0 Å². The van der Waals surface area contributed by atoms with Crippen molar-refractivity contribution in [1.29, 1.82) is 0 Å². The fraction of sp³-hybridized carbons (Fsp3) is 0.235. The average Bonchev–Trinajstić information content (AvgIpc) is 2.89. The molecule has 1 aromatic heterocycles. The third-order valence-electron chi connectivity index (χ3n) is 3.47. The lowest BCUT2D eigenvalue weighted by molar-refractivity contribution is 0.865. The zero-order chi connectivity index (χ0) is 13.9. The van der Waals surface area contributed by atoms with Gasteiger partial charge >= 0.3 is 0 Å². The van der Waals surface area contributed by atoms with Gasteiger partial charge < -0.3 is 0 Å². The summed E-state index contributed by atoms with van der Waals surface area (Å²) in [6.45, 7) is 4.44. The maximum absolute atomic E-state index is 4.33. The molecule has 0 aliphatic heterocycles. The number of hydrogen-bond donors (Lipinski definition) is 1. The van der Waals surface area contributed by atoms with Gasteiger partial charge in [0.25, 0.3) is 0 Å². The van der Waals surface area contributed by atoms with Crippen molar-refractivity contribution in [3.05, 3.63) is 59.8 Å². The Kier molecular flexibility index (Phi) is 3.79. The van der Waals surface area contributed by atoms with Gasteiger partial charge in [-0.05, 0) is 29.7 Å². The van der Waals surface area contributed by atoms with Crippen LogP contribution in [-0.4, -0.2) is 10.2 Å². The summed E-state index contributed by atoms with van der Waals surface area (Å²) in [6, 6.07) is 17.1. The fourth-order valence-electron chi connectivity index (χ4n) is 2.23. The number of thioether (sulfide) groups is 1. The maximum Gasteiger partial charge on any atom is 0.0924 e. The number of nitrogens with zero attached hydrogens (tertiary/aromatic N) is 1. The topological polar surface area (TPSA) is 28.7 Å². The Morgan fingerprint density at radius 3 is 2.55 bits per heavy atom.